The molecule has 4 aliphatic heterocycles. The number of aromatic hydroxyl groups is 1. The van der Waals surface area contributed by atoms with Crippen molar-refractivity contribution >= 4 is 40.5 Å². The Labute approximate surface area is 424 Å². The van der Waals surface area contributed by atoms with E-state index in [4.69, 9.17) is 9.72 Å². The molecule has 8 rings (SSSR count). The molecule has 2 aromatic heterocycles. The summed E-state index contributed by atoms with van der Waals surface area (Å²) in [6.07, 6.45) is 8.11. The third-order valence-corrected chi connectivity index (χ3v) is 15.1. The van der Waals surface area contributed by atoms with Crippen molar-refractivity contribution in [2.24, 2.45) is 17.3 Å². The molecule has 3 N–H and O–H groups in total. The number of ether oxygens (including phenoxy) is 1. The zero-order valence-corrected chi connectivity index (χ0v) is 43.6. The number of benzene rings is 2. The number of phenolic OH excluding ortho intramolecular Hbond substituents is 1. The fraction of sp³-hybridized carbons (Fsp3) is 0.536. The largest absolute Gasteiger partial charge is 0.508 e. The molecule has 4 aliphatic rings. The molecular formula is C56H75N9O7. The highest BCUT2D eigenvalue weighted by atomic mass is 16.5. The van der Waals surface area contributed by atoms with Gasteiger partial charge in [-0.05, 0) is 111 Å². The molecule has 4 amide bonds. The Morgan fingerprint density at radius 1 is 1.00 bits per heavy atom. The molecule has 0 radical (unpaired) electrons. The predicted molar refractivity (Wildman–Crippen MR) is 278 cm³/mol. The smallest absolute Gasteiger partial charge is 0.324 e. The van der Waals surface area contributed by atoms with Crippen molar-refractivity contribution in [2.45, 2.75) is 105 Å². The summed E-state index contributed by atoms with van der Waals surface area (Å²) in [6, 6.07) is 12.8. The lowest BCUT2D eigenvalue weighted by molar-refractivity contribution is -0.155. The Morgan fingerprint density at radius 3 is 2.51 bits per heavy atom. The van der Waals surface area contributed by atoms with E-state index >= 15 is 0 Å². The molecule has 72 heavy (non-hydrogen) atoms. The Hall–Kier alpha value is -6.10. The summed E-state index contributed by atoms with van der Waals surface area (Å²) in [4.78, 5) is 83.5. The molecule has 0 unspecified atom stereocenters. The van der Waals surface area contributed by atoms with Gasteiger partial charge in [-0.2, -0.15) is 0 Å². The van der Waals surface area contributed by atoms with Crippen LogP contribution < -0.4 is 10.7 Å². The molecule has 2 aromatic carbocycles. The number of nitrogens with zero attached hydrogens (tertiary/aromatic N) is 7. The SMILES string of the molecule is CCc1ncccc1-c1c2c3cc(ccc3n1CC)-c1cc(O)cc(c1)C[C@H](NC(=O)[C@H](C(C)C)N(C)C(=O)[C@H]1CCN(C(=O)/C=C/CN3CCN(C)CC3)C1)C(=O)N1CCC[C@H](N1)C(=O)OCC(C)(C)C2. The van der Waals surface area contributed by atoms with Crippen LogP contribution in [-0.2, 0) is 54.5 Å². The van der Waals surface area contributed by atoms with Gasteiger partial charge in [0.25, 0.3) is 5.91 Å². The summed E-state index contributed by atoms with van der Waals surface area (Å²) >= 11 is 0. The van der Waals surface area contributed by atoms with Crippen molar-refractivity contribution in [2.75, 3.05) is 73.1 Å². The number of rotatable bonds is 11. The van der Waals surface area contributed by atoms with Gasteiger partial charge in [0.2, 0.25) is 17.7 Å². The number of fused-ring (bicyclic) bond motifs is 6. The second kappa shape index (κ2) is 22.3. The van der Waals surface area contributed by atoms with Gasteiger partial charge >= 0.3 is 5.97 Å². The van der Waals surface area contributed by atoms with Crippen molar-refractivity contribution < 1.29 is 33.8 Å². The van der Waals surface area contributed by atoms with Gasteiger partial charge in [-0.1, -0.05) is 52.8 Å². The normalized spacial score (nSPS) is 21.8. The minimum Gasteiger partial charge on any atom is -0.508 e. The Kier molecular flexibility index (Phi) is 16.2. The van der Waals surface area contributed by atoms with Gasteiger partial charge < -0.3 is 34.4 Å². The second-order valence-electron chi connectivity index (χ2n) is 21.5. The number of likely N-dealkylation sites (N-methyl/N-ethyl adjacent to an activating group) is 2. The zero-order chi connectivity index (χ0) is 51.4. The number of aromatic nitrogens is 2. The van der Waals surface area contributed by atoms with Gasteiger partial charge in [0.1, 0.15) is 23.9 Å². The maximum Gasteiger partial charge on any atom is 0.324 e. The van der Waals surface area contributed by atoms with Gasteiger partial charge in [0.15, 0.2) is 0 Å². The van der Waals surface area contributed by atoms with Crippen molar-refractivity contribution in [1.29, 1.82) is 0 Å². The van der Waals surface area contributed by atoms with Crippen LogP contribution in [-0.4, -0.2) is 160 Å². The molecule has 0 spiro atoms. The number of pyridine rings is 1. The van der Waals surface area contributed by atoms with Crippen LogP contribution in [0.25, 0.3) is 33.3 Å². The van der Waals surface area contributed by atoms with E-state index in [0.717, 1.165) is 77.1 Å². The highest BCUT2D eigenvalue weighted by Gasteiger charge is 2.40. The van der Waals surface area contributed by atoms with Crippen LogP contribution in [0.5, 0.6) is 5.75 Å². The minimum atomic E-state index is -1.16. The van der Waals surface area contributed by atoms with Gasteiger partial charge in [-0.3, -0.25) is 38.9 Å². The molecule has 4 aromatic rings. The molecular weight excluding hydrogens is 911 g/mol. The van der Waals surface area contributed by atoms with Crippen LogP contribution in [0.1, 0.15) is 77.6 Å². The maximum atomic E-state index is 14.8. The number of amides is 4. The standard InChI is InChI=1S/C56H75N9O7/c1-9-45-42(14-11-20-57-45)51-44-33-56(5,6)35-72-55(71)46-15-12-22-65(59-46)54(70)47(30-37-28-40(31-41(66)29-37)38-17-18-48(43(44)32-38)64(51)10-2)58-52(68)50(36(3)4)61(8)53(69)39-19-23-63(34-39)49(67)16-13-21-62-26-24-60(7)25-27-62/h11,13-14,16-18,20,28-29,31-32,36,39,46-47,50,59,66H,9-10,12,15,19,21-27,30,33-35H2,1-8H3,(H,58,68)/b16-13+/t39-,46-,47-,50-/m0/s1. The molecule has 3 saturated heterocycles. The number of esters is 1. The van der Waals surface area contributed by atoms with E-state index in [1.165, 1.54) is 9.91 Å². The Bertz CT molecular complexity index is 2690. The molecule has 6 heterocycles. The molecule has 0 saturated carbocycles. The van der Waals surface area contributed by atoms with Crippen molar-refractivity contribution in [1.82, 2.24) is 44.9 Å². The lowest BCUT2D eigenvalue weighted by atomic mass is 9.84. The molecule has 0 aliphatic carbocycles. The fourth-order valence-corrected chi connectivity index (χ4v) is 11.2. The topological polar surface area (TPSA) is 173 Å². The van der Waals surface area contributed by atoms with Crippen LogP contribution >= 0.6 is 0 Å². The lowest BCUT2D eigenvalue weighted by Crippen LogP contribution is -2.62. The minimum absolute atomic E-state index is 0.00259. The molecule has 16 nitrogen and oxygen atoms in total. The number of aryl methyl sites for hydroxylation is 2. The first-order chi connectivity index (χ1) is 34.4. The number of carbonyl (C=O) groups is 5. The molecule has 6 bridgehead atoms. The monoisotopic (exact) mass is 986 g/mol. The average molecular weight is 986 g/mol. The van der Waals surface area contributed by atoms with Gasteiger partial charge in [0, 0.05) is 112 Å². The second-order valence-corrected chi connectivity index (χ2v) is 21.5. The Morgan fingerprint density at radius 2 is 1.78 bits per heavy atom. The number of hydrazine groups is 1. The quantitative estimate of drug-likeness (QED) is 0.129. The summed E-state index contributed by atoms with van der Waals surface area (Å²) in [5.74, 6) is -2.65. The van der Waals surface area contributed by atoms with Crippen LogP contribution in [0, 0.1) is 17.3 Å². The van der Waals surface area contributed by atoms with Crippen LogP contribution in [0.2, 0.25) is 0 Å². The van der Waals surface area contributed by atoms with E-state index in [-0.39, 0.29) is 49.6 Å². The number of hydrogen-bond donors (Lipinski definition) is 3. The highest BCUT2D eigenvalue weighted by molar-refractivity contribution is 5.96. The molecule has 386 valence electrons. The number of likely N-dealkylation sites (tertiary alicyclic amines) is 1. The summed E-state index contributed by atoms with van der Waals surface area (Å²) in [5, 5.41) is 16.9. The van der Waals surface area contributed by atoms with Gasteiger partial charge in [0.05, 0.1) is 18.2 Å². The average Bonchev–Trinajstić information content (AvgIpc) is 3.98. The molecule has 3 fully saturated rings. The first kappa shape index (κ1) is 52.2. The van der Waals surface area contributed by atoms with Crippen LogP contribution in [0.4, 0.5) is 0 Å². The summed E-state index contributed by atoms with van der Waals surface area (Å²) in [5.41, 5.74) is 10.1. The Balaban J connectivity index is 1.09. The number of cyclic esters (lactones) is 1. The van der Waals surface area contributed by atoms with Gasteiger partial charge in [-0.25, -0.2) is 5.43 Å². The molecule has 16 heteroatoms. The summed E-state index contributed by atoms with van der Waals surface area (Å²) in [7, 11) is 3.72. The van der Waals surface area contributed by atoms with Gasteiger partial charge in [-0.15, -0.1) is 0 Å². The maximum absolute atomic E-state index is 14.8. The summed E-state index contributed by atoms with van der Waals surface area (Å²) in [6.45, 7) is 18.5. The van der Waals surface area contributed by atoms with E-state index < -0.39 is 47.2 Å². The van der Waals surface area contributed by atoms with E-state index in [1.807, 2.05) is 44.3 Å². The predicted octanol–water partition coefficient (Wildman–Crippen LogP) is 5.44. The van der Waals surface area contributed by atoms with E-state index in [9.17, 15) is 29.1 Å². The van der Waals surface area contributed by atoms with E-state index in [2.05, 4.69) is 78.1 Å². The van der Waals surface area contributed by atoms with E-state index in [1.54, 1.807) is 30.2 Å². The third-order valence-electron chi connectivity index (χ3n) is 15.1. The lowest BCUT2D eigenvalue weighted by Gasteiger charge is -2.37. The van der Waals surface area contributed by atoms with E-state index in [0.29, 0.717) is 50.9 Å². The number of hydrogen-bond acceptors (Lipinski definition) is 11. The van der Waals surface area contributed by atoms with Crippen LogP contribution in [0.15, 0.2) is 66.9 Å². The number of carbonyl (C=O) groups excluding carboxylic acids is 5. The van der Waals surface area contributed by atoms with Crippen molar-refractivity contribution in [3.05, 3.63) is 83.7 Å². The fourth-order valence-electron chi connectivity index (χ4n) is 11.2. The number of phenols is 1. The zero-order valence-electron chi connectivity index (χ0n) is 43.6. The van der Waals surface area contributed by atoms with Crippen molar-refractivity contribution in [3.63, 3.8) is 0 Å². The summed E-state index contributed by atoms with van der Waals surface area (Å²) < 4.78 is 8.46. The number of nitrogens with one attached hydrogen (secondary N) is 2. The molecule has 4 atom stereocenters. The first-order valence-corrected chi connectivity index (χ1v) is 26.0. The highest BCUT2D eigenvalue weighted by Crippen LogP contribution is 2.41. The number of piperazine rings is 1. The first-order valence-electron chi connectivity index (χ1n) is 26.0. The van der Waals surface area contributed by atoms with Crippen LogP contribution in [0.3, 0.4) is 0 Å². The third kappa shape index (κ3) is 11.6. The van der Waals surface area contributed by atoms with Crippen molar-refractivity contribution in [3.8, 4) is 28.1 Å².